The zero-order valence-corrected chi connectivity index (χ0v) is 22.4. The first kappa shape index (κ1) is 28.1. The smallest absolute Gasteiger partial charge is 0.255 e. The van der Waals surface area contributed by atoms with Crippen molar-refractivity contribution < 1.29 is 39.6 Å². The summed E-state index contributed by atoms with van der Waals surface area (Å²) in [6.45, 7) is 0.270. The Morgan fingerprint density at radius 1 is 1.15 bits per heavy atom. The second-order valence-electron chi connectivity index (χ2n) is 10.8. The van der Waals surface area contributed by atoms with Crippen LogP contribution in [0.1, 0.15) is 33.6 Å². The van der Waals surface area contributed by atoms with Crippen LogP contribution in [0.3, 0.4) is 0 Å². The number of rotatable bonds is 7. The molecular weight excluding hydrogens is 532 g/mol. The fourth-order valence-corrected chi connectivity index (χ4v) is 6.41. The number of aromatic hydroxyl groups is 1. The normalized spacial score (nSPS) is 25.6. The lowest BCUT2D eigenvalue weighted by atomic mass is 9.57. The first-order valence-corrected chi connectivity index (χ1v) is 13.0. The molecule has 214 valence electrons. The van der Waals surface area contributed by atoms with E-state index in [1.54, 1.807) is 12.3 Å². The van der Waals surface area contributed by atoms with Crippen molar-refractivity contribution in [3.05, 3.63) is 75.8 Å². The third-order valence-corrected chi connectivity index (χ3v) is 8.22. The number of fused-ring (bicyclic) bond motifs is 3. The number of phenols is 1. The van der Waals surface area contributed by atoms with E-state index in [1.165, 1.54) is 31.1 Å². The molecule has 0 aliphatic heterocycles. The number of carbonyl (C=O) groups is 4. The van der Waals surface area contributed by atoms with E-state index < -0.39 is 58.0 Å². The molecule has 4 atom stereocenters. The van der Waals surface area contributed by atoms with Crippen molar-refractivity contribution >= 4 is 29.0 Å². The highest BCUT2D eigenvalue weighted by atomic mass is 16.3. The van der Waals surface area contributed by atoms with Crippen LogP contribution in [0.5, 0.6) is 5.75 Å². The molecular formula is C29H30N4O8. The number of likely N-dealkylation sites (N-methyl/N-ethyl adjacent to an activating group) is 1. The van der Waals surface area contributed by atoms with Gasteiger partial charge >= 0.3 is 0 Å². The summed E-state index contributed by atoms with van der Waals surface area (Å²) in [6.07, 6.45) is 1.61. The zero-order chi connectivity index (χ0) is 29.8. The molecule has 7 N–H and O–H groups in total. The number of ketones is 3. The van der Waals surface area contributed by atoms with E-state index in [4.69, 9.17) is 5.73 Å². The molecule has 0 spiro atoms. The maximum Gasteiger partial charge on any atom is 0.255 e. The molecule has 0 radical (unpaired) electrons. The van der Waals surface area contributed by atoms with E-state index in [1.807, 2.05) is 12.1 Å². The van der Waals surface area contributed by atoms with Gasteiger partial charge < -0.3 is 31.5 Å². The number of carbonyl (C=O) groups excluding carboxylic acids is 4. The van der Waals surface area contributed by atoms with Gasteiger partial charge in [0.25, 0.3) is 5.91 Å². The second kappa shape index (κ2) is 10.2. The molecule has 41 heavy (non-hydrogen) atoms. The lowest BCUT2D eigenvalue weighted by Crippen LogP contribution is -2.65. The van der Waals surface area contributed by atoms with Crippen LogP contribution in [0, 0.1) is 11.8 Å². The Labute approximate surface area is 234 Å². The molecule has 1 aromatic heterocycles. The molecule has 3 aliphatic carbocycles. The number of benzene rings is 1. The monoisotopic (exact) mass is 562 g/mol. The van der Waals surface area contributed by atoms with Gasteiger partial charge in [0, 0.05) is 29.8 Å². The van der Waals surface area contributed by atoms with Crippen LogP contribution < -0.4 is 11.1 Å². The third-order valence-electron chi connectivity index (χ3n) is 8.22. The van der Waals surface area contributed by atoms with Crippen molar-refractivity contribution in [2.24, 2.45) is 17.6 Å². The van der Waals surface area contributed by atoms with Gasteiger partial charge in [-0.3, -0.25) is 29.1 Å². The largest absolute Gasteiger partial charge is 0.508 e. The number of pyridine rings is 1. The first-order chi connectivity index (χ1) is 19.4. The molecule has 0 saturated heterocycles. The number of amides is 1. The highest BCUT2D eigenvalue weighted by Crippen LogP contribution is 2.52. The van der Waals surface area contributed by atoms with E-state index in [0.29, 0.717) is 12.1 Å². The predicted octanol–water partition coefficient (Wildman–Crippen LogP) is 0.332. The van der Waals surface area contributed by atoms with E-state index >= 15 is 0 Å². The highest BCUT2D eigenvalue weighted by Gasteiger charge is 2.64. The van der Waals surface area contributed by atoms with Gasteiger partial charge in [0.15, 0.2) is 17.2 Å². The first-order valence-electron chi connectivity index (χ1n) is 13.0. The van der Waals surface area contributed by atoms with Gasteiger partial charge in [-0.1, -0.05) is 6.07 Å². The topological polar surface area (TPSA) is 203 Å². The van der Waals surface area contributed by atoms with Crippen molar-refractivity contribution in [3.8, 4) is 5.75 Å². The lowest BCUT2D eigenvalue weighted by Gasteiger charge is -2.50. The van der Waals surface area contributed by atoms with E-state index in [2.05, 4.69) is 10.3 Å². The Balaban J connectivity index is 1.56. The maximum absolute atomic E-state index is 13.9. The maximum atomic E-state index is 13.9. The predicted molar refractivity (Wildman–Crippen MR) is 145 cm³/mol. The summed E-state index contributed by atoms with van der Waals surface area (Å²) in [5.74, 6) is -7.70. The van der Waals surface area contributed by atoms with E-state index in [0.717, 1.165) is 5.69 Å². The number of nitrogens with zero attached hydrogens (tertiary/aromatic N) is 2. The average molecular weight is 563 g/mol. The molecule has 12 nitrogen and oxygen atoms in total. The number of hydrogen-bond acceptors (Lipinski definition) is 11. The number of primary amides is 1. The molecule has 2 aromatic rings. The van der Waals surface area contributed by atoms with Crippen LogP contribution in [-0.2, 0) is 27.3 Å². The fraction of sp³-hybridized carbons (Fsp3) is 0.345. The average Bonchev–Trinajstić information content (AvgIpc) is 2.91. The SMILES string of the molecule is CN(C)[C@@H]1C(=O)C(C(N)=O)=C(O)[C@@]2(O)C(=O)C3=C(O)c4c(O)ccc(C(=O)CNCc5ccccn5)c4C[C@H]3C[C@@H]12. The molecule has 12 heteroatoms. The Hall–Kier alpha value is -4.39. The van der Waals surface area contributed by atoms with Crippen LogP contribution in [0.25, 0.3) is 5.76 Å². The van der Waals surface area contributed by atoms with Gasteiger partial charge in [-0.05, 0) is 62.7 Å². The minimum Gasteiger partial charge on any atom is -0.508 e. The number of nitrogens with one attached hydrogen (secondary N) is 1. The second-order valence-corrected chi connectivity index (χ2v) is 10.8. The number of aliphatic hydroxyl groups excluding tert-OH is 2. The van der Waals surface area contributed by atoms with Crippen LogP contribution in [-0.4, -0.2) is 85.8 Å². The van der Waals surface area contributed by atoms with Crippen molar-refractivity contribution in [2.45, 2.75) is 31.0 Å². The minimum absolute atomic E-state index is 0.0320. The van der Waals surface area contributed by atoms with Gasteiger partial charge in [-0.25, -0.2) is 0 Å². The van der Waals surface area contributed by atoms with Crippen molar-refractivity contribution in [3.63, 3.8) is 0 Å². The summed E-state index contributed by atoms with van der Waals surface area (Å²) < 4.78 is 0. The van der Waals surface area contributed by atoms with Gasteiger partial charge in [-0.2, -0.15) is 0 Å². The Morgan fingerprint density at radius 3 is 2.51 bits per heavy atom. The quantitative estimate of drug-likeness (QED) is 0.200. The number of aliphatic hydroxyl groups is 3. The molecule has 5 rings (SSSR count). The van der Waals surface area contributed by atoms with E-state index in [9.17, 15) is 39.6 Å². The number of phenolic OH excluding ortho intramolecular Hbond substituents is 1. The van der Waals surface area contributed by atoms with Crippen molar-refractivity contribution in [2.75, 3.05) is 20.6 Å². The molecule has 3 aliphatic rings. The van der Waals surface area contributed by atoms with E-state index in [-0.39, 0.29) is 47.6 Å². The van der Waals surface area contributed by atoms with Crippen LogP contribution >= 0.6 is 0 Å². The number of aromatic nitrogens is 1. The van der Waals surface area contributed by atoms with Crippen molar-refractivity contribution in [1.82, 2.24) is 15.2 Å². The molecule has 1 aromatic carbocycles. The Morgan fingerprint density at radius 2 is 1.88 bits per heavy atom. The summed E-state index contributed by atoms with van der Waals surface area (Å²) in [4.78, 5) is 58.1. The molecule has 1 heterocycles. The highest BCUT2D eigenvalue weighted by molar-refractivity contribution is 6.24. The summed E-state index contributed by atoms with van der Waals surface area (Å²) in [7, 11) is 3.06. The van der Waals surface area contributed by atoms with Gasteiger partial charge in [-0.15, -0.1) is 0 Å². The van der Waals surface area contributed by atoms with Gasteiger partial charge in [0.2, 0.25) is 5.78 Å². The van der Waals surface area contributed by atoms with Gasteiger partial charge in [0.05, 0.1) is 23.8 Å². The molecule has 1 saturated carbocycles. The summed E-state index contributed by atoms with van der Waals surface area (Å²) in [6, 6.07) is 6.90. The number of nitrogens with two attached hydrogens (primary N) is 1. The molecule has 0 bridgehead atoms. The zero-order valence-electron chi connectivity index (χ0n) is 22.4. The number of hydrogen-bond donors (Lipinski definition) is 6. The standard InChI is InChI=1S/C29H30N4O8/c1-33(2)23-17-10-13-9-16-15(19(35)12-31-11-14-5-3-4-8-32-14)6-7-18(34)21(16)24(36)20(13)26(38)29(17,41)27(39)22(25(23)37)28(30)40/h3-8,13,17,23,31,34,36,39,41H,9-12H2,1-2H3,(H2,30,40)/t13-,17-,23-,29-/m0/s1. The van der Waals surface area contributed by atoms with Crippen LogP contribution in [0.4, 0.5) is 0 Å². The minimum atomic E-state index is -2.72. The van der Waals surface area contributed by atoms with Crippen LogP contribution in [0.15, 0.2) is 53.4 Å². The van der Waals surface area contributed by atoms with Gasteiger partial charge in [0.1, 0.15) is 22.8 Å². The summed E-state index contributed by atoms with van der Waals surface area (Å²) >= 11 is 0. The summed E-state index contributed by atoms with van der Waals surface area (Å²) in [5, 5.41) is 47.6. The Bertz CT molecular complexity index is 1550. The number of Topliss-reactive ketones (excluding diaryl/α,β-unsaturated/α-hetero) is 3. The van der Waals surface area contributed by atoms with Crippen molar-refractivity contribution in [1.29, 1.82) is 0 Å². The molecule has 1 amide bonds. The third kappa shape index (κ3) is 4.31. The Kier molecular flexibility index (Phi) is 7.02. The lowest BCUT2D eigenvalue weighted by molar-refractivity contribution is -0.153. The summed E-state index contributed by atoms with van der Waals surface area (Å²) in [5.41, 5.74) is 2.63. The molecule has 1 fully saturated rings. The van der Waals surface area contributed by atoms with Crippen LogP contribution in [0.2, 0.25) is 0 Å². The fourth-order valence-electron chi connectivity index (χ4n) is 6.41. The molecule has 0 unspecified atom stereocenters.